The molecule has 0 unspecified atom stereocenters. The quantitative estimate of drug-likeness (QED) is 0.451. The van der Waals surface area contributed by atoms with E-state index in [4.69, 9.17) is 9.47 Å². The number of rotatable bonds is 8. The van der Waals surface area contributed by atoms with Gasteiger partial charge in [0.05, 0.1) is 17.9 Å². The summed E-state index contributed by atoms with van der Waals surface area (Å²) >= 11 is 0. The predicted octanol–water partition coefficient (Wildman–Crippen LogP) is 4.02. The Kier molecular flexibility index (Phi) is 7.07. The van der Waals surface area contributed by atoms with E-state index in [1.165, 1.54) is 7.11 Å². The molecule has 3 aromatic rings. The molecule has 0 fully saturated rings. The molecule has 0 saturated carbocycles. The standard InChI is InChI=1S/C26H23FN2O6/c1-34-14-23(24(30)28-22-12-15(27)10-11-20(22)25(31)32)29-26(33)35-13-21-18-8-4-2-6-16(18)17-7-3-5-9-19(17)21/h2-12,21,23H,13-14H2,1H3,(H,28,30)(H,29,33)(H,31,32)/t23-/m0/s1. The highest BCUT2D eigenvalue weighted by atomic mass is 19.1. The fourth-order valence-corrected chi connectivity index (χ4v) is 4.16. The lowest BCUT2D eigenvalue weighted by atomic mass is 9.98. The van der Waals surface area contributed by atoms with Crippen molar-refractivity contribution in [2.24, 2.45) is 0 Å². The average molecular weight is 478 g/mol. The molecule has 0 heterocycles. The van der Waals surface area contributed by atoms with Gasteiger partial charge in [-0.3, -0.25) is 4.79 Å². The number of halogens is 1. The SMILES string of the molecule is COC[C@H](NC(=O)OCC1c2ccccc2-c2ccccc21)C(=O)Nc1cc(F)ccc1C(=O)O. The van der Waals surface area contributed by atoms with Gasteiger partial charge in [-0.25, -0.2) is 14.0 Å². The van der Waals surface area contributed by atoms with Gasteiger partial charge in [0.15, 0.2) is 0 Å². The smallest absolute Gasteiger partial charge is 0.407 e. The minimum absolute atomic E-state index is 0.0498. The number of ether oxygens (including phenoxy) is 2. The van der Waals surface area contributed by atoms with Gasteiger partial charge in [0.1, 0.15) is 18.5 Å². The van der Waals surface area contributed by atoms with Crippen LogP contribution in [-0.2, 0) is 14.3 Å². The Morgan fingerprint density at radius 2 is 1.63 bits per heavy atom. The van der Waals surface area contributed by atoms with Gasteiger partial charge < -0.3 is 25.2 Å². The van der Waals surface area contributed by atoms with Crippen molar-refractivity contribution in [1.82, 2.24) is 5.32 Å². The Labute approximate surface area is 200 Å². The molecule has 1 aliphatic rings. The first-order chi connectivity index (χ1) is 16.9. The fraction of sp³-hybridized carbons (Fsp3) is 0.192. The number of fused-ring (bicyclic) bond motifs is 3. The van der Waals surface area contributed by atoms with E-state index in [9.17, 15) is 23.9 Å². The second kappa shape index (κ2) is 10.4. The Bertz CT molecular complexity index is 1230. The molecule has 3 aromatic carbocycles. The maximum Gasteiger partial charge on any atom is 0.407 e. The number of aromatic carboxylic acids is 1. The van der Waals surface area contributed by atoms with Crippen molar-refractivity contribution in [3.63, 3.8) is 0 Å². The van der Waals surface area contributed by atoms with Crippen molar-refractivity contribution in [2.75, 3.05) is 25.6 Å². The van der Waals surface area contributed by atoms with Gasteiger partial charge in [0, 0.05) is 13.0 Å². The molecule has 8 nitrogen and oxygen atoms in total. The zero-order valence-electron chi connectivity index (χ0n) is 18.8. The van der Waals surface area contributed by atoms with Crippen molar-refractivity contribution in [3.05, 3.63) is 89.2 Å². The number of carboxylic acids is 1. The maximum absolute atomic E-state index is 13.6. The first-order valence-corrected chi connectivity index (χ1v) is 10.8. The number of carbonyl (C=O) groups is 3. The Morgan fingerprint density at radius 1 is 1.00 bits per heavy atom. The number of amides is 2. The molecule has 0 radical (unpaired) electrons. The van der Waals surface area contributed by atoms with E-state index >= 15 is 0 Å². The molecular formula is C26H23FN2O6. The van der Waals surface area contributed by atoms with Gasteiger partial charge in [0.2, 0.25) is 5.91 Å². The Morgan fingerprint density at radius 3 is 2.23 bits per heavy atom. The van der Waals surface area contributed by atoms with E-state index in [1.807, 2.05) is 48.5 Å². The summed E-state index contributed by atoms with van der Waals surface area (Å²) in [7, 11) is 1.34. The molecule has 9 heteroatoms. The largest absolute Gasteiger partial charge is 0.478 e. The van der Waals surface area contributed by atoms with Gasteiger partial charge >= 0.3 is 12.1 Å². The van der Waals surface area contributed by atoms with Crippen molar-refractivity contribution < 1.29 is 33.4 Å². The van der Waals surface area contributed by atoms with Crippen LogP contribution in [0.5, 0.6) is 0 Å². The van der Waals surface area contributed by atoms with Crippen molar-refractivity contribution >= 4 is 23.7 Å². The fourth-order valence-electron chi connectivity index (χ4n) is 4.16. The van der Waals surface area contributed by atoms with E-state index in [0.29, 0.717) is 0 Å². The van der Waals surface area contributed by atoms with Crippen LogP contribution in [0.3, 0.4) is 0 Å². The summed E-state index contributed by atoms with van der Waals surface area (Å²) < 4.78 is 24.1. The second-order valence-corrected chi connectivity index (χ2v) is 7.96. The molecule has 0 bridgehead atoms. The van der Waals surface area contributed by atoms with Crippen molar-refractivity contribution in [2.45, 2.75) is 12.0 Å². The molecule has 1 atom stereocenters. The van der Waals surface area contributed by atoms with Crippen LogP contribution in [0.15, 0.2) is 66.7 Å². The number of methoxy groups -OCH3 is 1. The summed E-state index contributed by atoms with van der Waals surface area (Å²) in [5.74, 6) is -3.01. The van der Waals surface area contributed by atoms with E-state index in [0.717, 1.165) is 40.5 Å². The third-order valence-corrected chi connectivity index (χ3v) is 5.76. The Hall–Kier alpha value is -4.24. The van der Waals surface area contributed by atoms with E-state index < -0.39 is 29.8 Å². The van der Waals surface area contributed by atoms with Crippen LogP contribution < -0.4 is 10.6 Å². The molecule has 35 heavy (non-hydrogen) atoms. The number of carbonyl (C=O) groups excluding carboxylic acids is 2. The minimum atomic E-state index is -1.34. The number of nitrogens with one attached hydrogen (secondary N) is 2. The molecule has 0 spiro atoms. The van der Waals surface area contributed by atoms with Crippen LogP contribution >= 0.6 is 0 Å². The summed E-state index contributed by atoms with van der Waals surface area (Å²) in [6.07, 6.45) is -0.846. The normalized spacial score (nSPS) is 12.9. The van der Waals surface area contributed by atoms with Crippen LogP contribution in [-0.4, -0.2) is 49.4 Å². The molecule has 0 aliphatic heterocycles. The number of anilines is 1. The van der Waals surface area contributed by atoms with Gasteiger partial charge in [0.25, 0.3) is 0 Å². The third-order valence-electron chi connectivity index (χ3n) is 5.76. The van der Waals surface area contributed by atoms with Gasteiger partial charge in [-0.1, -0.05) is 48.5 Å². The van der Waals surface area contributed by atoms with E-state index in [1.54, 1.807) is 0 Å². The van der Waals surface area contributed by atoms with Crippen LogP contribution in [0.25, 0.3) is 11.1 Å². The van der Waals surface area contributed by atoms with Gasteiger partial charge in [-0.2, -0.15) is 0 Å². The summed E-state index contributed by atoms with van der Waals surface area (Å²) in [6.45, 7) is -0.165. The van der Waals surface area contributed by atoms with E-state index in [-0.39, 0.29) is 30.4 Å². The lowest BCUT2D eigenvalue weighted by Crippen LogP contribution is -2.47. The highest BCUT2D eigenvalue weighted by molar-refractivity contribution is 6.02. The summed E-state index contributed by atoms with van der Waals surface area (Å²) in [6, 6.07) is 17.5. The Balaban J connectivity index is 1.43. The van der Waals surface area contributed by atoms with Crippen LogP contribution in [0.4, 0.5) is 14.9 Å². The average Bonchev–Trinajstić information content (AvgIpc) is 3.16. The lowest BCUT2D eigenvalue weighted by Gasteiger charge is -2.19. The van der Waals surface area contributed by atoms with Crippen molar-refractivity contribution in [3.8, 4) is 11.1 Å². The third kappa shape index (κ3) is 5.15. The van der Waals surface area contributed by atoms with Crippen LogP contribution in [0.1, 0.15) is 27.4 Å². The molecule has 3 N–H and O–H groups in total. The number of hydrogen-bond acceptors (Lipinski definition) is 5. The monoisotopic (exact) mass is 478 g/mol. The number of hydrogen-bond donors (Lipinski definition) is 3. The zero-order valence-corrected chi connectivity index (χ0v) is 18.8. The molecular weight excluding hydrogens is 455 g/mol. The minimum Gasteiger partial charge on any atom is -0.478 e. The van der Waals surface area contributed by atoms with E-state index in [2.05, 4.69) is 10.6 Å². The molecule has 1 aliphatic carbocycles. The first kappa shape index (κ1) is 23.9. The topological polar surface area (TPSA) is 114 Å². The van der Waals surface area contributed by atoms with Crippen molar-refractivity contribution in [1.29, 1.82) is 0 Å². The summed E-state index contributed by atoms with van der Waals surface area (Å²) in [5.41, 5.74) is 3.71. The molecule has 0 saturated heterocycles. The molecule has 4 rings (SSSR count). The second-order valence-electron chi connectivity index (χ2n) is 7.96. The summed E-state index contributed by atoms with van der Waals surface area (Å²) in [4.78, 5) is 36.7. The lowest BCUT2D eigenvalue weighted by molar-refractivity contribution is -0.119. The predicted molar refractivity (Wildman–Crippen MR) is 126 cm³/mol. The number of benzene rings is 3. The molecule has 180 valence electrons. The maximum atomic E-state index is 13.6. The van der Waals surface area contributed by atoms with Gasteiger partial charge in [-0.15, -0.1) is 0 Å². The molecule has 2 amide bonds. The highest BCUT2D eigenvalue weighted by Gasteiger charge is 2.30. The summed E-state index contributed by atoms with van der Waals surface area (Å²) in [5, 5.41) is 14.1. The first-order valence-electron chi connectivity index (χ1n) is 10.8. The van der Waals surface area contributed by atoms with Crippen LogP contribution in [0, 0.1) is 5.82 Å². The number of carboxylic acid groups (broad SMARTS) is 1. The molecule has 0 aromatic heterocycles. The highest BCUT2D eigenvalue weighted by Crippen LogP contribution is 2.44. The van der Waals surface area contributed by atoms with Gasteiger partial charge in [-0.05, 0) is 40.5 Å². The van der Waals surface area contributed by atoms with Crippen LogP contribution in [0.2, 0.25) is 0 Å². The zero-order chi connectivity index (χ0) is 24.9. The number of alkyl carbamates (subject to hydrolysis) is 1.